The Morgan fingerprint density at radius 2 is 1.69 bits per heavy atom. The number of ketones is 1. The fourth-order valence-electron chi connectivity index (χ4n) is 3.29. The summed E-state index contributed by atoms with van der Waals surface area (Å²) >= 11 is 0. The molecule has 3 rings (SSSR count). The number of carbonyl (C=O) groups excluding carboxylic acids is 1. The van der Waals surface area contributed by atoms with E-state index < -0.39 is 11.6 Å². The number of rotatable bonds is 7. The number of aromatic hydroxyl groups is 2. The van der Waals surface area contributed by atoms with Crippen molar-refractivity contribution in [2.24, 2.45) is 0 Å². The van der Waals surface area contributed by atoms with Gasteiger partial charge in [-0.05, 0) is 66.9 Å². The number of aryl methyl sites for hydroxylation is 1. The van der Waals surface area contributed by atoms with Crippen molar-refractivity contribution in [1.82, 2.24) is 0 Å². The van der Waals surface area contributed by atoms with Crippen LogP contribution in [0.2, 0.25) is 0 Å². The SMILES string of the molecule is CCOc1cc(O)c(Cc2ccc(O)c(C(=O)c3ccc(F)cc3)c2)c(CC)c1. The lowest BCUT2D eigenvalue weighted by Crippen LogP contribution is -2.04. The molecule has 0 heterocycles. The molecule has 0 aliphatic carbocycles. The average molecular weight is 394 g/mol. The second-order valence-corrected chi connectivity index (χ2v) is 6.73. The van der Waals surface area contributed by atoms with E-state index in [1.807, 2.05) is 19.9 Å². The monoisotopic (exact) mass is 394 g/mol. The Morgan fingerprint density at radius 1 is 0.966 bits per heavy atom. The standard InChI is InChI=1S/C24H23FO4/c1-3-16-13-19(29-4-2)14-23(27)20(16)11-15-5-10-22(26)21(12-15)24(28)17-6-8-18(25)9-7-17/h5-10,12-14,26-27H,3-4,11H2,1-2H3. The third-order valence-electron chi connectivity index (χ3n) is 4.78. The van der Waals surface area contributed by atoms with Crippen molar-refractivity contribution in [3.63, 3.8) is 0 Å². The molecule has 0 radical (unpaired) electrons. The van der Waals surface area contributed by atoms with Gasteiger partial charge in [0.05, 0.1) is 12.2 Å². The molecule has 2 N–H and O–H groups in total. The van der Waals surface area contributed by atoms with E-state index in [2.05, 4.69) is 0 Å². The maximum Gasteiger partial charge on any atom is 0.196 e. The van der Waals surface area contributed by atoms with Crippen LogP contribution in [-0.2, 0) is 12.8 Å². The largest absolute Gasteiger partial charge is 0.508 e. The van der Waals surface area contributed by atoms with Crippen molar-refractivity contribution in [2.45, 2.75) is 26.7 Å². The van der Waals surface area contributed by atoms with E-state index in [-0.39, 0.29) is 22.6 Å². The lowest BCUT2D eigenvalue weighted by atomic mass is 9.94. The van der Waals surface area contributed by atoms with Gasteiger partial charge < -0.3 is 14.9 Å². The van der Waals surface area contributed by atoms with Gasteiger partial charge >= 0.3 is 0 Å². The summed E-state index contributed by atoms with van der Waals surface area (Å²) in [6.07, 6.45) is 1.11. The Kier molecular flexibility index (Phi) is 6.17. The van der Waals surface area contributed by atoms with Crippen LogP contribution in [-0.4, -0.2) is 22.6 Å². The van der Waals surface area contributed by atoms with Crippen LogP contribution >= 0.6 is 0 Å². The van der Waals surface area contributed by atoms with Gasteiger partial charge in [0, 0.05) is 23.6 Å². The molecule has 3 aromatic rings. The Hall–Kier alpha value is -3.34. The van der Waals surface area contributed by atoms with Crippen LogP contribution in [0.4, 0.5) is 4.39 Å². The zero-order chi connectivity index (χ0) is 21.0. The summed E-state index contributed by atoms with van der Waals surface area (Å²) in [6.45, 7) is 4.38. The molecule has 4 nitrogen and oxygen atoms in total. The minimum Gasteiger partial charge on any atom is -0.508 e. The van der Waals surface area contributed by atoms with Gasteiger partial charge in [0.15, 0.2) is 5.78 Å². The van der Waals surface area contributed by atoms with Gasteiger partial charge in [-0.2, -0.15) is 0 Å². The molecule has 0 saturated heterocycles. The molecule has 3 aromatic carbocycles. The van der Waals surface area contributed by atoms with Crippen molar-refractivity contribution in [3.05, 3.63) is 88.2 Å². The highest BCUT2D eigenvalue weighted by Crippen LogP contribution is 2.32. The molecule has 5 heteroatoms. The number of ether oxygens (including phenoxy) is 1. The van der Waals surface area contributed by atoms with Crippen LogP contribution in [0.5, 0.6) is 17.2 Å². The van der Waals surface area contributed by atoms with Crippen LogP contribution < -0.4 is 4.74 Å². The Morgan fingerprint density at radius 3 is 2.34 bits per heavy atom. The maximum atomic E-state index is 13.1. The summed E-state index contributed by atoms with van der Waals surface area (Å²) in [7, 11) is 0. The fourth-order valence-corrected chi connectivity index (χ4v) is 3.29. The number of benzene rings is 3. The van der Waals surface area contributed by atoms with Crippen molar-refractivity contribution in [1.29, 1.82) is 0 Å². The first-order valence-electron chi connectivity index (χ1n) is 9.52. The molecule has 0 unspecified atom stereocenters. The molecule has 0 aromatic heterocycles. The first-order chi connectivity index (χ1) is 13.9. The molecule has 29 heavy (non-hydrogen) atoms. The van der Waals surface area contributed by atoms with E-state index in [1.165, 1.54) is 30.3 Å². The number of carbonyl (C=O) groups is 1. The Bertz CT molecular complexity index is 1030. The van der Waals surface area contributed by atoms with Crippen LogP contribution in [0.3, 0.4) is 0 Å². The van der Waals surface area contributed by atoms with Crippen molar-refractivity contribution in [2.75, 3.05) is 6.61 Å². The number of halogens is 1. The summed E-state index contributed by atoms with van der Waals surface area (Å²) < 4.78 is 18.6. The molecule has 0 aliphatic rings. The number of hydrogen-bond donors (Lipinski definition) is 2. The van der Waals surface area contributed by atoms with Gasteiger partial charge in [-0.3, -0.25) is 4.79 Å². The predicted molar refractivity (Wildman–Crippen MR) is 109 cm³/mol. The zero-order valence-electron chi connectivity index (χ0n) is 16.4. The minimum absolute atomic E-state index is 0.132. The van der Waals surface area contributed by atoms with Crippen LogP contribution in [0.25, 0.3) is 0 Å². The van der Waals surface area contributed by atoms with Crippen molar-refractivity contribution in [3.8, 4) is 17.2 Å². The molecule has 0 amide bonds. The lowest BCUT2D eigenvalue weighted by molar-refractivity contribution is 0.103. The van der Waals surface area contributed by atoms with E-state index in [9.17, 15) is 19.4 Å². The molecule has 0 spiro atoms. The average Bonchev–Trinajstić information content (AvgIpc) is 2.71. The highest BCUT2D eigenvalue weighted by atomic mass is 19.1. The summed E-state index contributed by atoms with van der Waals surface area (Å²) in [5.41, 5.74) is 2.90. The van der Waals surface area contributed by atoms with Gasteiger partial charge in [-0.25, -0.2) is 4.39 Å². The molecular weight excluding hydrogens is 371 g/mol. The van der Waals surface area contributed by atoms with E-state index in [0.29, 0.717) is 25.2 Å². The third kappa shape index (κ3) is 4.57. The zero-order valence-corrected chi connectivity index (χ0v) is 16.4. The highest BCUT2D eigenvalue weighted by molar-refractivity contribution is 6.10. The van der Waals surface area contributed by atoms with Gasteiger partial charge in [-0.15, -0.1) is 0 Å². The van der Waals surface area contributed by atoms with Gasteiger partial charge in [-0.1, -0.05) is 13.0 Å². The Balaban J connectivity index is 1.94. The second kappa shape index (κ2) is 8.78. The summed E-state index contributed by atoms with van der Waals surface area (Å²) in [6, 6.07) is 13.5. The van der Waals surface area contributed by atoms with Gasteiger partial charge in [0.1, 0.15) is 23.1 Å². The smallest absolute Gasteiger partial charge is 0.196 e. The van der Waals surface area contributed by atoms with Crippen molar-refractivity contribution < 1.29 is 24.1 Å². The normalized spacial score (nSPS) is 10.7. The predicted octanol–water partition coefficient (Wildman–Crippen LogP) is 5.02. The topological polar surface area (TPSA) is 66.8 Å². The first-order valence-corrected chi connectivity index (χ1v) is 9.52. The number of phenols is 2. The molecule has 0 aliphatic heterocycles. The summed E-state index contributed by atoms with van der Waals surface area (Å²) in [5, 5.41) is 20.7. The highest BCUT2D eigenvalue weighted by Gasteiger charge is 2.16. The van der Waals surface area contributed by atoms with Crippen LogP contribution in [0.1, 0.15) is 46.5 Å². The molecular formula is C24H23FO4. The lowest BCUT2D eigenvalue weighted by Gasteiger charge is -2.14. The molecule has 0 atom stereocenters. The molecule has 150 valence electrons. The summed E-state index contributed by atoms with van der Waals surface area (Å²) in [4.78, 5) is 12.7. The van der Waals surface area contributed by atoms with Crippen LogP contribution in [0.15, 0.2) is 54.6 Å². The van der Waals surface area contributed by atoms with Gasteiger partial charge in [0.25, 0.3) is 0 Å². The number of hydrogen-bond acceptors (Lipinski definition) is 4. The first kappa shape index (κ1) is 20.4. The van der Waals surface area contributed by atoms with Crippen molar-refractivity contribution >= 4 is 5.78 Å². The fraction of sp³-hybridized carbons (Fsp3) is 0.208. The molecule has 0 saturated carbocycles. The van der Waals surface area contributed by atoms with E-state index >= 15 is 0 Å². The quantitative estimate of drug-likeness (QED) is 0.552. The summed E-state index contributed by atoms with van der Waals surface area (Å²) in [5.74, 6) is -0.223. The van der Waals surface area contributed by atoms with Crippen LogP contribution in [0, 0.1) is 5.82 Å². The molecule has 0 bridgehead atoms. The maximum absolute atomic E-state index is 13.1. The minimum atomic E-state index is -0.433. The van der Waals surface area contributed by atoms with Gasteiger partial charge in [0.2, 0.25) is 0 Å². The molecule has 0 fully saturated rings. The second-order valence-electron chi connectivity index (χ2n) is 6.73. The third-order valence-corrected chi connectivity index (χ3v) is 4.78. The van der Waals surface area contributed by atoms with E-state index in [1.54, 1.807) is 18.2 Å². The van der Waals surface area contributed by atoms with E-state index in [0.717, 1.165) is 16.7 Å². The Labute approximate surface area is 169 Å². The number of phenolic OH excluding ortho intramolecular Hbond substituents is 2. The van der Waals surface area contributed by atoms with E-state index in [4.69, 9.17) is 4.74 Å².